The fraction of sp³-hybridized carbons (Fsp3) is 0.192. The topological polar surface area (TPSA) is 64.0 Å². The lowest BCUT2D eigenvalue weighted by Gasteiger charge is -2.17. The SMILES string of the molecule is Cc1ccc(C)c(-n2c(SCC(=O)NC(C)c3ccc(F)cc3)nc3ccccc3c2=O)c1. The van der Waals surface area contributed by atoms with Gasteiger partial charge in [-0.3, -0.25) is 14.2 Å². The number of benzene rings is 3. The van der Waals surface area contributed by atoms with E-state index in [9.17, 15) is 14.0 Å². The molecule has 0 aliphatic rings. The van der Waals surface area contributed by atoms with Crippen molar-refractivity contribution < 1.29 is 9.18 Å². The molecule has 1 N–H and O–H groups in total. The van der Waals surface area contributed by atoms with Crippen LogP contribution in [0.5, 0.6) is 0 Å². The predicted molar refractivity (Wildman–Crippen MR) is 130 cm³/mol. The Labute approximate surface area is 195 Å². The van der Waals surface area contributed by atoms with E-state index < -0.39 is 0 Å². The average molecular weight is 462 g/mol. The highest BCUT2D eigenvalue weighted by Gasteiger charge is 2.17. The zero-order valence-corrected chi connectivity index (χ0v) is 19.4. The Hall–Kier alpha value is -3.45. The van der Waals surface area contributed by atoms with Gasteiger partial charge in [0.2, 0.25) is 5.91 Å². The number of thioether (sulfide) groups is 1. The summed E-state index contributed by atoms with van der Waals surface area (Å²) in [5.74, 6) is -0.437. The molecular formula is C26H24FN3O2S. The molecule has 0 bridgehead atoms. The maximum atomic E-state index is 13.4. The van der Waals surface area contributed by atoms with Crippen molar-refractivity contribution in [2.24, 2.45) is 0 Å². The smallest absolute Gasteiger partial charge is 0.266 e. The van der Waals surface area contributed by atoms with Crippen molar-refractivity contribution in [3.63, 3.8) is 0 Å². The molecule has 7 heteroatoms. The van der Waals surface area contributed by atoms with Crippen LogP contribution >= 0.6 is 11.8 Å². The van der Waals surface area contributed by atoms with Gasteiger partial charge in [0.05, 0.1) is 28.4 Å². The molecule has 5 nitrogen and oxygen atoms in total. The predicted octanol–water partition coefficient (Wildman–Crippen LogP) is 5.11. The van der Waals surface area contributed by atoms with Gasteiger partial charge in [0.25, 0.3) is 5.56 Å². The van der Waals surface area contributed by atoms with E-state index in [4.69, 9.17) is 4.98 Å². The van der Waals surface area contributed by atoms with Crippen molar-refractivity contribution >= 4 is 28.6 Å². The molecule has 1 amide bonds. The fourth-order valence-corrected chi connectivity index (χ4v) is 4.45. The number of carbonyl (C=O) groups excluding carboxylic acids is 1. The van der Waals surface area contributed by atoms with Gasteiger partial charge in [0.1, 0.15) is 5.82 Å². The lowest BCUT2D eigenvalue weighted by molar-refractivity contribution is -0.119. The van der Waals surface area contributed by atoms with E-state index in [2.05, 4.69) is 5.32 Å². The van der Waals surface area contributed by atoms with Crippen molar-refractivity contribution in [1.82, 2.24) is 14.9 Å². The van der Waals surface area contributed by atoms with E-state index in [1.807, 2.05) is 51.1 Å². The fourth-order valence-electron chi connectivity index (χ4n) is 3.63. The number of nitrogens with zero attached hydrogens (tertiary/aromatic N) is 2. The molecule has 0 fully saturated rings. The minimum atomic E-state index is -0.320. The van der Waals surface area contributed by atoms with E-state index in [-0.39, 0.29) is 29.1 Å². The number of aromatic nitrogens is 2. The van der Waals surface area contributed by atoms with Crippen molar-refractivity contribution in [1.29, 1.82) is 0 Å². The molecule has 4 aromatic rings. The molecule has 0 spiro atoms. The van der Waals surface area contributed by atoms with Gasteiger partial charge in [-0.2, -0.15) is 0 Å². The van der Waals surface area contributed by atoms with Crippen LogP contribution in [-0.2, 0) is 4.79 Å². The summed E-state index contributed by atoms with van der Waals surface area (Å²) >= 11 is 1.21. The van der Waals surface area contributed by atoms with Crippen LogP contribution in [0.25, 0.3) is 16.6 Å². The van der Waals surface area contributed by atoms with Crippen molar-refractivity contribution in [2.45, 2.75) is 32.0 Å². The van der Waals surface area contributed by atoms with E-state index in [0.29, 0.717) is 16.1 Å². The Bertz CT molecular complexity index is 1380. The average Bonchev–Trinajstić information content (AvgIpc) is 2.80. The van der Waals surface area contributed by atoms with Crippen LogP contribution < -0.4 is 10.9 Å². The minimum absolute atomic E-state index is 0.0845. The summed E-state index contributed by atoms with van der Waals surface area (Å²) in [6.07, 6.45) is 0. The zero-order chi connectivity index (χ0) is 23.5. The third kappa shape index (κ3) is 4.98. The molecule has 3 aromatic carbocycles. The second kappa shape index (κ2) is 9.58. The number of hydrogen-bond donors (Lipinski definition) is 1. The third-order valence-corrected chi connectivity index (χ3v) is 6.37. The van der Waals surface area contributed by atoms with Crippen molar-refractivity contribution in [3.8, 4) is 5.69 Å². The molecule has 0 saturated carbocycles. The van der Waals surface area contributed by atoms with Crippen LogP contribution in [-0.4, -0.2) is 21.2 Å². The summed E-state index contributed by atoms with van der Waals surface area (Å²) in [4.78, 5) is 30.8. The van der Waals surface area contributed by atoms with Gasteiger partial charge in [0.15, 0.2) is 5.16 Å². The second-order valence-electron chi connectivity index (χ2n) is 7.97. The van der Waals surface area contributed by atoms with Crippen molar-refractivity contribution in [3.05, 3.63) is 99.6 Å². The Kier molecular flexibility index (Phi) is 6.60. The Morgan fingerprint density at radius 1 is 1.09 bits per heavy atom. The molecule has 1 heterocycles. The molecule has 0 aliphatic heterocycles. The molecule has 0 saturated heterocycles. The third-order valence-electron chi connectivity index (χ3n) is 5.43. The number of halogens is 1. The molecule has 168 valence electrons. The Balaban J connectivity index is 1.64. The number of hydrogen-bond acceptors (Lipinski definition) is 4. The van der Waals surface area contributed by atoms with Gasteiger partial charge >= 0.3 is 0 Å². The molecule has 1 aromatic heterocycles. The van der Waals surface area contributed by atoms with Gasteiger partial charge in [-0.05, 0) is 67.8 Å². The quantitative estimate of drug-likeness (QED) is 0.320. The molecular weight excluding hydrogens is 437 g/mol. The first kappa shape index (κ1) is 22.7. The Morgan fingerprint density at radius 3 is 2.58 bits per heavy atom. The monoisotopic (exact) mass is 461 g/mol. The number of nitrogens with one attached hydrogen (secondary N) is 1. The second-order valence-corrected chi connectivity index (χ2v) is 8.91. The van der Waals surface area contributed by atoms with E-state index >= 15 is 0 Å². The largest absolute Gasteiger partial charge is 0.349 e. The summed E-state index contributed by atoms with van der Waals surface area (Å²) in [5.41, 5.74) is 3.95. The molecule has 0 aliphatic carbocycles. The van der Waals surface area contributed by atoms with E-state index in [1.54, 1.807) is 28.8 Å². The van der Waals surface area contributed by atoms with E-state index in [1.165, 1.54) is 23.9 Å². The number of para-hydroxylation sites is 1. The molecule has 0 radical (unpaired) electrons. The Morgan fingerprint density at radius 2 is 1.82 bits per heavy atom. The van der Waals surface area contributed by atoms with Gasteiger partial charge in [0, 0.05) is 0 Å². The van der Waals surface area contributed by atoms with Crippen LogP contribution in [0.2, 0.25) is 0 Å². The normalized spacial score (nSPS) is 12.0. The maximum Gasteiger partial charge on any atom is 0.266 e. The van der Waals surface area contributed by atoms with Gasteiger partial charge in [-0.15, -0.1) is 0 Å². The first-order chi connectivity index (χ1) is 15.8. The van der Waals surface area contributed by atoms with E-state index in [0.717, 1.165) is 22.4 Å². The lowest BCUT2D eigenvalue weighted by Crippen LogP contribution is -2.29. The first-order valence-electron chi connectivity index (χ1n) is 10.6. The number of amides is 1. The maximum absolute atomic E-state index is 13.4. The highest BCUT2D eigenvalue weighted by molar-refractivity contribution is 7.99. The highest BCUT2D eigenvalue weighted by atomic mass is 32.2. The minimum Gasteiger partial charge on any atom is -0.349 e. The van der Waals surface area contributed by atoms with Crippen LogP contribution in [0.15, 0.2) is 76.7 Å². The molecule has 33 heavy (non-hydrogen) atoms. The standard InChI is InChI=1S/C26H24FN3O2S/c1-16-8-9-17(2)23(14-16)30-25(32)21-6-4-5-7-22(21)29-26(30)33-15-24(31)28-18(3)19-10-12-20(27)13-11-19/h4-14,18H,15H2,1-3H3,(H,28,31). The number of carbonyl (C=O) groups is 1. The van der Waals surface area contributed by atoms with Gasteiger partial charge in [-0.25, -0.2) is 9.37 Å². The first-order valence-corrected chi connectivity index (χ1v) is 11.6. The van der Waals surface area contributed by atoms with Crippen LogP contribution in [0.3, 0.4) is 0 Å². The van der Waals surface area contributed by atoms with Crippen LogP contribution in [0.1, 0.15) is 29.7 Å². The summed E-state index contributed by atoms with van der Waals surface area (Å²) in [6, 6.07) is 18.9. The summed E-state index contributed by atoms with van der Waals surface area (Å²) in [7, 11) is 0. The van der Waals surface area contributed by atoms with Gasteiger partial charge in [-0.1, -0.05) is 48.2 Å². The molecule has 1 atom stereocenters. The molecule has 4 rings (SSSR count). The number of aryl methyl sites for hydroxylation is 2. The zero-order valence-electron chi connectivity index (χ0n) is 18.6. The summed E-state index contributed by atoms with van der Waals surface area (Å²) < 4.78 is 14.8. The van der Waals surface area contributed by atoms with Crippen molar-refractivity contribution in [2.75, 3.05) is 5.75 Å². The lowest BCUT2D eigenvalue weighted by atomic mass is 10.1. The van der Waals surface area contributed by atoms with Crippen LogP contribution in [0.4, 0.5) is 4.39 Å². The van der Waals surface area contributed by atoms with Crippen LogP contribution in [0, 0.1) is 19.7 Å². The summed E-state index contributed by atoms with van der Waals surface area (Å²) in [6.45, 7) is 5.76. The highest BCUT2D eigenvalue weighted by Crippen LogP contribution is 2.24. The molecule has 1 unspecified atom stereocenters. The number of fused-ring (bicyclic) bond motifs is 1. The summed E-state index contributed by atoms with van der Waals surface area (Å²) in [5, 5.41) is 3.90. The van der Waals surface area contributed by atoms with Gasteiger partial charge < -0.3 is 5.32 Å². The number of rotatable bonds is 6.